The summed E-state index contributed by atoms with van der Waals surface area (Å²) in [6.07, 6.45) is 0.518. The lowest BCUT2D eigenvalue weighted by Crippen LogP contribution is -2.40. The molecule has 1 unspecified atom stereocenters. The molecular weight excluding hydrogens is 250 g/mol. The number of nitrogens with zero attached hydrogens (tertiary/aromatic N) is 3. The van der Waals surface area contributed by atoms with E-state index < -0.39 is 11.0 Å². The fourth-order valence-corrected chi connectivity index (χ4v) is 1.64. The summed E-state index contributed by atoms with van der Waals surface area (Å²) >= 11 is 0. The molecule has 0 saturated heterocycles. The van der Waals surface area contributed by atoms with E-state index in [0.29, 0.717) is 13.1 Å². The normalized spacial score (nSPS) is 11.7. The van der Waals surface area contributed by atoms with E-state index in [4.69, 9.17) is 4.74 Å². The van der Waals surface area contributed by atoms with Crippen LogP contribution in [0.25, 0.3) is 0 Å². The molecule has 1 aromatic rings. The predicted octanol–water partition coefficient (Wildman–Crippen LogP) is 1.63. The molecule has 19 heavy (non-hydrogen) atoms. The molecule has 0 spiro atoms. The summed E-state index contributed by atoms with van der Waals surface area (Å²) in [7, 11) is 0. The van der Waals surface area contributed by atoms with Crippen molar-refractivity contribution in [2.45, 2.75) is 26.9 Å². The Balaban J connectivity index is 2.85. The molecule has 0 saturated carbocycles. The SMILES string of the molecule is CCN(CC)C(=O)C(C)Oc1cccnc1[N+](=O)[O-]. The van der Waals surface area contributed by atoms with E-state index in [1.54, 1.807) is 11.8 Å². The average Bonchev–Trinajstić information content (AvgIpc) is 2.40. The van der Waals surface area contributed by atoms with Crippen molar-refractivity contribution in [3.05, 3.63) is 28.4 Å². The van der Waals surface area contributed by atoms with Crippen LogP contribution in [0, 0.1) is 10.1 Å². The number of nitro groups is 1. The maximum absolute atomic E-state index is 12.0. The van der Waals surface area contributed by atoms with Crippen LogP contribution in [0.1, 0.15) is 20.8 Å². The van der Waals surface area contributed by atoms with Crippen molar-refractivity contribution in [3.63, 3.8) is 0 Å². The molecule has 0 N–H and O–H groups in total. The van der Waals surface area contributed by atoms with Gasteiger partial charge in [0.15, 0.2) is 6.10 Å². The Kier molecular flexibility index (Phi) is 5.23. The standard InChI is InChI=1S/C12H17N3O4/c1-4-14(5-2)12(16)9(3)19-10-7-6-8-13-11(10)15(17)18/h6-9H,4-5H2,1-3H3. The maximum atomic E-state index is 12.0. The van der Waals surface area contributed by atoms with Crippen LogP contribution in [-0.2, 0) is 4.79 Å². The zero-order valence-electron chi connectivity index (χ0n) is 11.2. The van der Waals surface area contributed by atoms with Crippen molar-refractivity contribution < 1.29 is 14.5 Å². The van der Waals surface area contributed by atoms with E-state index in [9.17, 15) is 14.9 Å². The number of rotatable bonds is 6. The molecule has 1 aromatic heterocycles. The molecule has 7 nitrogen and oxygen atoms in total. The topological polar surface area (TPSA) is 85.6 Å². The highest BCUT2D eigenvalue weighted by atomic mass is 16.6. The number of hydrogen-bond acceptors (Lipinski definition) is 5. The van der Waals surface area contributed by atoms with Crippen LogP contribution in [0.4, 0.5) is 5.82 Å². The fraction of sp³-hybridized carbons (Fsp3) is 0.500. The quantitative estimate of drug-likeness (QED) is 0.577. The number of carbonyl (C=O) groups excluding carboxylic acids is 1. The van der Waals surface area contributed by atoms with Gasteiger partial charge in [-0.3, -0.25) is 4.79 Å². The van der Waals surface area contributed by atoms with Crippen LogP contribution < -0.4 is 4.74 Å². The van der Waals surface area contributed by atoms with E-state index in [2.05, 4.69) is 4.98 Å². The monoisotopic (exact) mass is 267 g/mol. The predicted molar refractivity (Wildman–Crippen MR) is 68.9 cm³/mol. The summed E-state index contributed by atoms with van der Waals surface area (Å²) in [6, 6.07) is 2.95. The van der Waals surface area contributed by atoms with Gasteiger partial charge < -0.3 is 19.8 Å². The second kappa shape index (κ2) is 6.67. The minimum atomic E-state index is -0.789. The molecule has 0 bridgehead atoms. The van der Waals surface area contributed by atoms with Gasteiger partial charge >= 0.3 is 5.82 Å². The Morgan fingerprint density at radius 2 is 2.16 bits per heavy atom. The molecular formula is C12H17N3O4. The van der Waals surface area contributed by atoms with E-state index in [1.807, 2.05) is 13.8 Å². The van der Waals surface area contributed by atoms with Gasteiger partial charge in [0.2, 0.25) is 5.75 Å². The van der Waals surface area contributed by atoms with Crippen molar-refractivity contribution in [1.82, 2.24) is 9.88 Å². The van der Waals surface area contributed by atoms with Crippen molar-refractivity contribution in [3.8, 4) is 5.75 Å². The highest BCUT2D eigenvalue weighted by Crippen LogP contribution is 2.24. The Labute approximate surface area is 111 Å². The maximum Gasteiger partial charge on any atom is 0.406 e. The highest BCUT2D eigenvalue weighted by molar-refractivity contribution is 5.80. The third-order valence-corrected chi connectivity index (χ3v) is 2.65. The zero-order chi connectivity index (χ0) is 14.4. The summed E-state index contributed by atoms with van der Waals surface area (Å²) < 4.78 is 5.36. The van der Waals surface area contributed by atoms with Gasteiger partial charge in [-0.15, -0.1) is 0 Å². The molecule has 0 fully saturated rings. The van der Waals surface area contributed by atoms with E-state index >= 15 is 0 Å². The second-order valence-electron chi connectivity index (χ2n) is 3.85. The zero-order valence-corrected chi connectivity index (χ0v) is 11.2. The average molecular weight is 267 g/mol. The molecule has 0 aliphatic rings. The summed E-state index contributed by atoms with van der Waals surface area (Å²) in [6.45, 7) is 6.43. The van der Waals surface area contributed by atoms with Gasteiger partial charge in [-0.25, -0.2) is 0 Å². The Morgan fingerprint density at radius 1 is 1.53 bits per heavy atom. The first-order chi connectivity index (χ1) is 9.01. The molecule has 7 heteroatoms. The molecule has 1 amide bonds. The van der Waals surface area contributed by atoms with Gasteiger partial charge in [0, 0.05) is 13.1 Å². The van der Waals surface area contributed by atoms with E-state index in [1.165, 1.54) is 18.3 Å². The van der Waals surface area contributed by atoms with Gasteiger partial charge in [0.25, 0.3) is 5.91 Å². The number of likely N-dealkylation sites (N-methyl/N-ethyl adjacent to an activating group) is 1. The molecule has 0 aliphatic heterocycles. The third-order valence-electron chi connectivity index (χ3n) is 2.65. The molecule has 1 rings (SSSR count). The lowest BCUT2D eigenvalue weighted by Gasteiger charge is -2.23. The molecule has 1 atom stereocenters. The number of hydrogen-bond donors (Lipinski definition) is 0. The minimum absolute atomic E-state index is 0.000469. The van der Waals surface area contributed by atoms with Crippen LogP contribution in [0.15, 0.2) is 18.3 Å². The molecule has 1 heterocycles. The highest BCUT2D eigenvalue weighted by Gasteiger charge is 2.24. The van der Waals surface area contributed by atoms with Crippen LogP contribution in [0.2, 0.25) is 0 Å². The van der Waals surface area contributed by atoms with Crippen molar-refractivity contribution in [2.75, 3.05) is 13.1 Å². The third kappa shape index (κ3) is 3.64. The van der Waals surface area contributed by atoms with Crippen LogP contribution in [0.5, 0.6) is 5.75 Å². The van der Waals surface area contributed by atoms with Crippen molar-refractivity contribution >= 4 is 11.7 Å². The second-order valence-corrected chi connectivity index (χ2v) is 3.85. The van der Waals surface area contributed by atoms with Gasteiger partial charge in [-0.05, 0) is 42.8 Å². The molecule has 0 aliphatic carbocycles. The van der Waals surface area contributed by atoms with Gasteiger partial charge in [-0.2, -0.15) is 0 Å². The molecule has 0 radical (unpaired) electrons. The van der Waals surface area contributed by atoms with Crippen molar-refractivity contribution in [2.24, 2.45) is 0 Å². The van der Waals surface area contributed by atoms with E-state index in [-0.39, 0.29) is 17.5 Å². The lowest BCUT2D eigenvalue weighted by molar-refractivity contribution is -0.390. The largest absolute Gasteiger partial charge is 0.473 e. The van der Waals surface area contributed by atoms with Crippen LogP contribution in [0.3, 0.4) is 0 Å². The number of amides is 1. The summed E-state index contributed by atoms with van der Waals surface area (Å²) in [5, 5.41) is 10.8. The smallest absolute Gasteiger partial charge is 0.406 e. The van der Waals surface area contributed by atoms with Gasteiger partial charge in [0.05, 0.1) is 0 Å². The number of aromatic nitrogens is 1. The minimum Gasteiger partial charge on any atom is -0.473 e. The van der Waals surface area contributed by atoms with Crippen LogP contribution >= 0.6 is 0 Å². The first-order valence-corrected chi connectivity index (χ1v) is 6.06. The first kappa shape index (κ1) is 14.9. The molecule has 104 valence electrons. The number of pyridine rings is 1. The van der Waals surface area contributed by atoms with Crippen molar-refractivity contribution in [1.29, 1.82) is 0 Å². The van der Waals surface area contributed by atoms with Gasteiger partial charge in [0.1, 0.15) is 6.20 Å². The first-order valence-electron chi connectivity index (χ1n) is 6.06. The fourth-order valence-electron chi connectivity index (χ4n) is 1.64. The summed E-state index contributed by atoms with van der Waals surface area (Å²) in [4.78, 5) is 27.4. The number of carbonyl (C=O) groups is 1. The molecule has 0 aromatic carbocycles. The van der Waals surface area contributed by atoms with E-state index in [0.717, 1.165) is 0 Å². The van der Waals surface area contributed by atoms with Gasteiger partial charge in [-0.1, -0.05) is 0 Å². The summed E-state index contributed by atoms with van der Waals surface area (Å²) in [5.41, 5.74) is 0. The Bertz CT molecular complexity index is 460. The van der Waals surface area contributed by atoms with Crippen LogP contribution in [-0.4, -0.2) is 39.9 Å². The Morgan fingerprint density at radius 3 is 2.68 bits per heavy atom. The Hall–Kier alpha value is -2.18. The lowest BCUT2D eigenvalue weighted by atomic mass is 10.3. The number of ether oxygens (including phenoxy) is 1. The summed E-state index contributed by atoms with van der Waals surface area (Å²) in [5.74, 6) is -0.592.